The van der Waals surface area contributed by atoms with Crippen LogP contribution in [0.3, 0.4) is 0 Å². The Bertz CT molecular complexity index is 1220. The summed E-state index contributed by atoms with van der Waals surface area (Å²) >= 11 is 0. The van der Waals surface area contributed by atoms with Crippen LogP contribution in [0.15, 0.2) is 24.3 Å². The molecule has 0 saturated carbocycles. The molecule has 8 heteroatoms. The molecule has 0 unspecified atom stereocenters. The van der Waals surface area contributed by atoms with Crippen molar-refractivity contribution < 1.29 is 28.2 Å². The Balaban J connectivity index is 1.50. The number of rotatable bonds is 2. The minimum Gasteiger partial charge on any atom is -0.454 e. The van der Waals surface area contributed by atoms with Crippen LogP contribution in [-0.2, 0) is 27.8 Å². The normalized spacial score (nSPS) is 19.7. The van der Waals surface area contributed by atoms with E-state index in [0.717, 1.165) is 24.0 Å². The van der Waals surface area contributed by atoms with E-state index >= 15 is 4.39 Å². The van der Waals surface area contributed by atoms with Crippen LogP contribution in [0, 0.1) is 5.82 Å². The molecule has 5 rings (SSSR count). The third kappa shape index (κ3) is 4.19. The number of anilines is 1. The van der Waals surface area contributed by atoms with Gasteiger partial charge in [-0.3, -0.25) is 9.69 Å². The van der Waals surface area contributed by atoms with Crippen LogP contribution >= 0.6 is 0 Å². The topological polar surface area (TPSA) is 77.1 Å². The van der Waals surface area contributed by atoms with E-state index in [1.54, 1.807) is 32.9 Å². The van der Waals surface area contributed by atoms with Gasteiger partial charge < -0.3 is 19.5 Å². The summed E-state index contributed by atoms with van der Waals surface area (Å²) < 4.78 is 31.8. The van der Waals surface area contributed by atoms with Crippen molar-refractivity contribution in [1.29, 1.82) is 0 Å². The number of nitrogens with one attached hydrogen (secondary N) is 1. The first kappa shape index (κ1) is 23.5. The van der Waals surface area contributed by atoms with Gasteiger partial charge in [-0.05, 0) is 80.3 Å². The lowest BCUT2D eigenvalue weighted by Gasteiger charge is -2.37. The van der Waals surface area contributed by atoms with Gasteiger partial charge in [0.05, 0.1) is 0 Å². The van der Waals surface area contributed by atoms with E-state index in [1.807, 2.05) is 19.9 Å². The Labute approximate surface area is 204 Å². The van der Waals surface area contributed by atoms with Gasteiger partial charge in [-0.1, -0.05) is 19.9 Å². The number of hydrogen-bond donors (Lipinski definition) is 1. The lowest BCUT2D eigenvalue weighted by molar-refractivity contribution is -0.122. The molecule has 1 N–H and O–H groups in total. The van der Waals surface area contributed by atoms with Crippen molar-refractivity contribution in [2.45, 2.75) is 70.9 Å². The van der Waals surface area contributed by atoms with Gasteiger partial charge in [-0.25, -0.2) is 9.18 Å². The van der Waals surface area contributed by atoms with Crippen molar-refractivity contribution in [3.8, 4) is 11.5 Å². The summed E-state index contributed by atoms with van der Waals surface area (Å²) in [5, 5.41) is 2.87. The van der Waals surface area contributed by atoms with Crippen LogP contribution < -0.4 is 14.8 Å². The molecule has 0 fully saturated rings. The van der Waals surface area contributed by atoms with E-state index in [1.165, 1.54) is 11.0 Å². The zero-order chi connectivity index (χ0) is 25.1. The van der Waals surface area contributed by atoms with Crippen molar-refractivity contribution >= 4 is 17.7 Å². The molecule has 0 spiro atoms. The van der Waals surface area contributed by atoms with Crippen molar-refractivity contribution in [3.63, 3.8) is 0 Å². The van der Waals surface area contributed by atoms with Crippen LogP contribution in [0.5, 0.6) is 11.5 Å². The van der Waals surface area contributed by atoms with Crippen LogP contribution in [-0.4, -0.2) is 35.8 Å². The summed E-state index contributed by atoms with van der Waals surface area (Å²) in [4.78, 5) is 28.2. The molecular formula is C27H31FN2O5. The summed E-state index contributed by atoms with van der Waals surface area (Å²) in [6.07, 6.45) is 1.52. The second-order valence-corrected chi connectivity index (χ2v) is 11.1. The van der Waals surface area contributed by atoms with Gasteiger partial charge in [-0.2, -0.15) is 0 Å². The predicted molar refractivity (Wildman–Crippen MR) is 128 cm³/mol. The van der Waals surface area contributed by atoms with Gasteiger partial charge in [-0.15, -0.1) is 0 Å². The van der Waals surface area contributed by atoms with Gasteiger partial charge in [0.15, 0.2) is 11.5 Å². The number of amides is 2. The van der Waals surface area contributed by atoms with E-state index in [-0.39, 0.29) is 24.6 Å². The quantitative estimate of drug-likeness (QED) is 0.633. The average Bonchev–Trinajstić information content (AvgIpc) is 3.35. The molecule has 0 radical (unpaired) electrons. The van der Waals surface area contributed by atoms with Gasteiger partial charge >= 0.3 is 6.09 Å². The Morgan fingerprint density at radius 2 is 1.94 bits per heavy atom. The number of carbonyl (C=O) groups excluding carboxylic acids is 2. The zero-order valence-electron chi connectivity index (χ0n) is 20.8. The van der Waals surface area contributed by atoms with Crippen LogP contribution in [0.25, 0.3) is 0 Å². The molecule has 1 atom stereocenters. The van der Waals surface area contributed by atoms with E-state index in [4.69, 9.17) is 14.2 Å². The first-order valence-corrected chi connectivity index (χ1v) is 12.0. The summed E-state index contributed by atoms with van der Waals surface area (Å²) in [6.45, 7) is 9.79. The SMILES string of the molecule is CC(C)(C)OC(=O)N1CCc2c(ccc3c2OCO3)[C@H]1C(=O)Nc1cc(F)c2c(c1)CCC2(C)C. The fourth-order valence-corrected chi connectivity index (χ4v) is 5.36. The molecule has 186 valence electrons. The fraction of sp³-hybridized carbons (Fsp3) is 0.481. The Morgan fingerprint density at radius 1 is 1.17 bits per heavy atom. The number of fused-ring (bicyclic) bond motifs is 4. The number of ether oxygens (including phenoxy) is 3. The minimum absolute atomic E-state index is 0.114. The van der Waals surface area contributed by atoms with Gasteiger partial charge in [0.2, 0.25) is 6.79 Å². The van der Waals surface area contributed by atoms with Gasteiger partial charge in [0, 0.05) is 17.8 Å². The van der Waals surface area contributed by atoms with E-state index < -0.39 is 23.6 Å². The van der Waals surface area contributed by atoms with Crippen LogP contribution in [0.4, 0.5) is 14.9 Å². The Kier molecular flexibility index (Phi) is 5.45. The summed E-state index contributed by atoms with van der Waals surface area (Å²) in [5.74, 6) is 0.468. The fourth-order valence-electron chi connectivity index (χ4n) is 5.36. The minimum atomic E-state index is -0.962. The van der Waals surface area contributed by atoms with Crippen molar-refractivity contribution in [1.82, 2.24) is 4.90 Å². The molecule has 0 aromatic heterocycles. The highest BCUT2D eigenvalue weighted by atomic mass is 19.1. The monoisotopic (exact) mass is 482 g/mol. The lowest BCUT2D eigenvalue weighted by Crippen LogP contribution is -2.47. The molecular weight excluding hydrogens is 451 g/mol. The lowest BCUT2D eigenvalue weighted by atomic mass is 9.86. The number of halogens is 1. The standard InChI is InChI=1S/C27H31FN2O5/c1-26(2,3)35-25(32)30-11-9-18-17(6-7-20-23(18)34-14-33-20)22(30)24(31)29-16-12-15-8-10-27(4,5)21(15)19(28)13-16/h6-7,12-13,22H,8-11,14H2,1-5H3,(H,29,31)/t22-/m0/s1. The molecule has 2 heterocycles. The third-order valence-electron chi connectivity index (χ3n) is 6.90. The van der Waals surface area contributed by atoms with E-state index in [9.17, 15) is 9.59 Å². The molecule has 7 nitrogen and oxygen atoms in total. The highest BCUT2D eigenvalue weighted by molar-refractivity contribution is 5.98. The number of benzene rings is 2. The Morgan fingerprint density at radius 3 is 2.69 bits per heavy atom. The number of carbonyl (C=O) groups is 2. The molecule has 2 aromatic rings. The smallest absolute Gasteiger partial charge is 0.411 e. The molecule has 0 saturated heterocycles. The summed E-state index contributed by atoms with van der Waals surface area (Å²) in [5.41, 5.74) is 2.52. The second-order valence-electron chi connectivity index (χ2n) is 11.1. The van der Waals surface area contributed by atoms with E-state index in [2.05, 4.69) is 5.32 Å². The number of aryl methyl sites for hydroxylation is 1. The number of nitrogens with zero attached hydrogens (tertiary/aromatic N) is 1. The largest absolute Gasteiger partial charge is 0.454 e. The maximum absolute atomic E-state index is 15.1. The summed E-state index contributed by atoms with van der Waals surface area (Å²) in [6, 6.07) is 5.78. The maximum Gasteiger partial charge on any atom is 0.411 e. The second kappa shape index (κ2) is 8.14. The zero-order valence-corrected chi connectivity index (χ0v) is 20.8. The van der Waals surface area contributed by atoms with Crippen molar-refractivity contribution in [3.05, 3.63) is 52.3 Å². The molecule has 1 aliphatic carbocycles. The molecule has 3 aliphatic rings. The van der Waals surface area contributed by atoms with Crippen LogP contribution in [0.2, 0.25) is 0 Å². The van der Waals surface area contributed by atoms with Gasteiger partial charge in [0.1, 0.15) is 17.5 Å². The summed E-state index contributed by atoms with van der Waals surface area (Å²) in [7, 11) is 0. The maximum atomic E-state index is 15.1. The number of hydrogen-bond acceptors (Lipinski definition) is 5. The highest BCUT2D eigenvalue weighted by Crippen LogP contribution is 2.44. The average molecular weight is 483 g/mol. The molecule has 0 bridgehead atoms. The first-order chi connectivity index (χ1) is 16.4. The first-order valence-electron chi connectivity index (χ1n) is 12.0. The van der Waals surface area contributed by atoms with Gasteiger partial charge in [0.25, 0.3) is 5.91 Å². The molecule has 2 aromatic carbocycles. The van der Waals surface area contributed by atoms with Crippen LogP contribution in [0.1, 0.15) is 69.3 Å². The molecule has 2 aliphatic heterocycles. The Hall–Kier alpha value is -3.29. The third-order valence-corrected chi connectivity index (χ3v) is 6.90. The highest BCUT2D eigenvalue weighted by Gasteiger charge is 2.41. The predicted octanol–water partition coefficient (Wildman–Crippen LogP) is 5.25. The van der Waals surface area contributed by atoms with Crippen molar-refractivity contribution in [2.24, 2.45) is 0 Å². The van der Waals surface area contributed by atoms with E-state index in [0.29, 0.717) is 34.7 Å². The molecule has 35 heavy (non-hydrogen) atoms. The molecule has 2 amide bonds. The van der Waals surface area contributed by atoms with Crippen molar-refractivity contribution in [2.75, 3.05) is 18.7 Å².